The van der Waals surface area contributed by atoms with E-state index in [1.165, 1.54) is 5.56 Å². The van der Waals surface area contributed by atoms with Gasteiger partial charge in [0, 0.05) is 12.1 Å². The Labute approximate surface area is 171 Å². The summed E-state index contributed by atoms with van der Waals surface area (Å²) in [5, 5.41) is 24.0. The number of rotatable bonds is 7. The lowest BCUT2D eigenvalue weighted by Gasteiger charge is -2.25. The van der Waals surface area contributed by atoms with Gasteiger partial charge in [-0.05, 0) is 95.1 Å². The first-order valence-electron chi connectivity index (χ1n) is 8.04. The highest BCUT2D eigenvalue weighted by Gasteiger charge is 2.20. The minimum atomic E-state index is -0.605. The van der Waals surface area contributed by atoms with Gasteiger partial charge in [0.1, 0.15) is 5.75 Å². The molecule has 0 saturated heterocycles. The van der Waals surface area contributed by atoms with Crippen molar-refractivity contribution in [3.8, 4) is 5.75 Å². The minimum absolute atomic E-state index is 0.0630. The van der Waals surface area contributed by atoms with E-state index in [1.54, 1.807) is 0 Å². The molecule has 3 N–H and O–H groups in total. The van der Waals surface area contributed by atoms with Gasteiger partial charge in [0.2, 0.25) is 0 Å². The molecular formula is C19H23I2NO2. The summed E-state index contributed by atoms with van der Waals surface area (Å²) in [5.41, 5.74) is 2.17. The predicted octanol–water partition coefficient (Wildman–Crippen LogP) is 4.63. The van der Waals surface area contributed by atoms with Crippen LogP contribution < -0.4 is 5.32 Å². The zero-order valence-electron chi connectivity index (χ0n) is 13.8. The van der Waals surface area contributed by atoms with Crippen molar-refractivity contribution in [2.24, 2.45) is 0 Å². The number of phenolic OH excluding ortho intramolecular Hbond substituents is 1. The number of halogens is 2. The number of benzene rings is 2. The third-order valence-electron chi connectivity index (χ3n) is 4.11. The van der Waals surface area contributed by atoms with Gasteiger partial charge >= 0.3 is 0 Å². The molecule has 3 atom stereocenters. The molecule has 0 aromatic heterocycles. The molecule has 0 saturated carbocycles. The van der Waals surface area contributed by atoms with Crippen molar-refractivity contribution in [1.82, 2.24) is 5.32 Å². The second kappa shape index (κ2) is 9.35. The van der Waals surface area contributed by atoms with Crippen LogP contribution in [0.15, 0.2) is 42.5 Å². The first-order valence-corrected chi connectivity index (χ1v) is 10.2. The van der Waals surface area contributed by atoms with Gasteiger partial charge in [-0.25, -0.2) is 0 Å². The second-order valence-electron chi connectivity index (χ2n) is 6.16. The van der Waals surface area contributed by atoms with Crippen molar-refractivity contribution >= 4 is 45.2 Å². The van der Waals surface area contributed by atoms with E-state index in [1.807, 2.05) is 25.1 Å². The zero-order chi connectivity index (χ0) is 17.7. The highest BCUT2D eigenvalue weighted by atomic mass is 127. The third kappa shape index (κ3) is 5.57. The highest BCUT2D eigenvalue weighted by Crippen LogP contribution is 2.30. The van der Waals surface area contributed by atoms with Crippen molar-refractivity contribution < 1.29 is 10.2 Å². The molecule has 0 unspecified atom stereocenters. The van der Waals surface area contributed by atoms with Crippen molar-refractivity contribution in [2.75, 3.05) is 0 Å². The molecule has 0 amide bonds. The van der Waals surface area contributed by atoms with Crippen molar-refractivity contribution in [3.05, 3.63) is 60.7 Å². The van der Waals surface area contributed by atoms with Gasteiger partial charge < -0.3 is 15.5 Å². The lowest BCUT2D eigenvalue weighted by molar-refractivity contribution is 0.129. The average molecular weight is 551 g/mol. The zero-order valence-corrected chi connectivity index (χ0v) is 18.2. The van der Waals surface area contributed by atoms with E-state index in [4.69, 9.17) is 0 Å². The molecule has 0 fully saturated rings. The minimum Gasteiger partial charge on any atom is -0.506 e. The Balaban J connectivity index is 1.92. The Morgan fingerprint density at radius 1 is 1.04 bits per heavy atom. The van der Waals surface area contributed by atoms with Gasteiger partial charge in [0.25, 0.3) is 0 Å². The Hall–Kier alpha value is -0.380. The number of aromatic hydroxyl groups is 1. The number of aliphatic hydroxyl groups excluding tert-OH is 1. The van der Waals surface area contributed by atoms with E-state index in [0.717, 1.165) is 25.5 Å². The quantitative estimate of drug-likeness (QED) is 0.440. The molecule has 0 bridgehead atoms. The third-order valence-corrected chi connectivity index (χ3v) is 5.76. The summed E-state index contributed by atoms with van der Waals surface area (Å²) in [5.74, 6) is 0.281. The van der Waals surface area contributed by atoms with Gasteiger partial charge in [0.15, 0.2) is 0 Å². The van der Waals surface area contributed by atoms with Gasteiger partial charge in [0.05, 0.1) is 13.2 Å². The molecule has 0 aliphatic heterocycles. The van der Waals surface area contributed by atoms with Crippen LogP contribution in [0.4, 0.5) is 0 Å². The Kier molecular flexibility index (Phi) is 7.77. The number of aryl methyl sites for hydroxylation is 1. The van der Waals surface area contributed by atoms with Gasteiger partial charge in [-0.15, -0.1) is 0 Å². The largest absolute Gasteiger partial charge is 0.506 e. The van der Waals surface area contributed by atoms with Crippen LogP contribution in [0, 0.1) is 7.14 Å². The summed E-state index contributed by atoms with van der Waals surface area (Å²) in [4.78, 5) is 0. The van der Waals surface area contributed by atoms with Crippen LogP contribution >= 0.6 is 45.2 Å². The van der Waals surface area contributed by atoms with E-state index >= 15 is 0 Å². The van der Waals surface area contributed by atoms with Crippen LogP contribution in [0.5, 0.6) is 5.75 Å². The van der Waals surface area contributed by atoms with Gasteiger partial charge in [-0.3, -0.25) is 0 Å². The topological polar surface area (TPSA) is 52.5 Å². The van der Waals surface area contributed by atoms with E-state index in [-0.39, 0.29) is 11.8 Å². The van der Waals surface area contributed by atoms with Crippen LogP contribution in [-0.2, 0) is 6.42 Å². The van der Waals surface area contributed by atoms with Gasteiger partial charge in [-0.1, -0.05) is 30.3 Å². The van der Waals surface area contributed by atoms with Crippen LogP contribution in [0.1, 0.15) is 37.5 Å². The summed E-state index contributed by atoms with van der Waals surface area (Å²) < 4.78 is 1.52. The van der Waals surface area contributed by atoms with Gasteiger partial charge in [-0.2, -0.15) is 0 Å². The molecule has 0 radical (unpaired) electrons. The maximum absolute atomic E-state index is 10.6. The second-order valence-corrected chi connectivity index (χ2v) is 8.48. The molecule has 0 spiro atoms. The number of hydrogen-bond acceptors (Lipinski definition) is 3. The monoisotopic (exact) mass is 551 g/mol. The molecule has 0 heterocycles. The first-order chi connectivity index (χ1) is 11.4. The molecule has 5 heteroatoms. The number of hydrogen-bond donors (Lipinski definition) is 3. The average Bonchev–Trinajstić information content (AvgIpc) is 2.57. The molecular weight excluding hydrogens is 528 g/mol. The Morgan fingerprint density at radius 2 is 1.62 bits per heavy atom. The van der Waals surface area contributed by atoms with Crippen molar-refractivity contribution in [2.45, 2.75) is 44.9 Å². The maximum atomic E-state index is 10.6. The first kappa shape index (κ1) is 19.9. The molecule has 2 aromatic rings. The fourth-order valence-electron chi connectivity index (χ4n) is 2.70. The molecule has 3 nitrogen and oxygen atoms in total. The summed E-state index contributed by atoms with van der Waals surface area (Å²) in [6.45, 7) is 4.15. The number of nitrogens with one attached hydrogen (secondary N) is 1. The normalized spacial score (nSPS) is 15.0. The lowest BCUT2D eigenvalue weighted by atomic mass is 10.0. The van der Waals surface area contributed by atoms with Crippen LogP contribution in [-0.4, -0.2) is 22.3 Å². The van der Waals surface area contributed by atoms with Crippen molar-refractivity contribution in [1.29, 1.82) is 0 Å². The van der Waals surface area contributed by atoms with E-state index < -0.39 is 6.10 Å². The van der Waals surface area contributed by atoms with E-state index in [2.05, 4.69) is 81.7 Å². The molecule has 24 heavy (non-hydrogen) atoms. The van der Waals surface area contributed by atoms with Crippen LogP contribution in [0.2, 0.25) is 0 Å². The lowest BCUT2D eigenvalue weighted by Crippen LogP contribution is -2.38. The Morgan fingerprint density at radius 3 is 2.21 bits per heavy atom. The number of aliphatic hydroxyl groups is 1. The summed E-state index contributed by atoms with van der Waals surface area (Å²) in [7, 11) is 0. The summed E-state index contributed by atoms with van der Waals surface area (Å²) in [6.07, 6.45) is 1.44. The molecule has 2 aromatic carbocycles. The molecule has 2 rings (SSSR count). The predicted molar refractivity (Wildman–Crippen MR) is 115 cm³/mol. The molecule has 0 aliphatic rings. The summed E-state index contributed by atoms with van der Waals surface area (Å²) >= 11 is 4.18. The maximum Gasteiger partial charge on any atom is 0.142 e. The van der Waals surface area contributed by atoms with Crippen LogP contribution in [0.3, 0.4) is 0 Å². The van der Waals surface area contributed by atoms with E-state index in [0.29, 0.717) is 6.04 Å². The number of phenols is 1. The SMILES string of the molecule is C[C@H](CCc1ccccc1)N[C@H](C)[C@@H](O)c1cc(I)c(O)c(I)c1. The fourth-order valence-corrected chi connectivity index (χ4v) is 4.51. The van der Waals surface area contributed by atoms with Crippen molar-refractivity contribution in [3.63, 3.8) is 0 Å². The smallest absolute Gasteiger partial charge is 0.142 e. The van der Waals surface area contributed by atoms with E-state index in [9.17, 15) is 10.2 Å². The molecule has 0 aliphatic carbocycles. The van der Waals surface area contributed by atoms with Crippen LogP contribution in [0.25, 0.3) is 0 Å². The summed E-state index contributed by atoms with van der Waals surface area (Å²) in [6, 6.07) is 14.4. The fraction of sp³-hybridized carbons (Fsp3) is 0.368. The standard InChI is InChI=1S/C19H23I2NO2/c1-12(8-9-14-6-4-3-5-7-14)22-13(2)18(23)15-10-16(20)19(24)17(21)11-15/h3-7,10-13,18,22-24H,8-9H2,1-2H3/t12-,13-,18-/m1/s1. The highest BCUT2D eigenvalue weighted by molar-refractivity contribution is 14.1. The molecule has 130 valence electrons. The Bertz CT molecular complexity index is 641.